The van der Waals surface area contributed by atoms with Crippen molar-refractivity contribution < 1.29 is 17.9 Å². The number of aryl methyl sites for hydroxylation is 1. The van der Waals surface area contributed by atoms with E-state index < -0.39 is 10.0 Å². The standard InChI is InChI=1S/C20H23ClN2O4S/c1-14-6-7-15(12-18(14)27-2)20(24)22-16-8-9-17(21)19(13-16)28(25,26)23-10-4-3-5-11-23/h6-9,12-13H,3-5,10-11H2,1-2H3,(H,22,24). The van der Waals surface area contributed by atoms with Crippen molar-refractivity contribution in [2.75, 3.05) is 25.5 Å². The van der Waals surface area contributed by atoms with Gasteiger partial charge in [0.05, 0.1) is 12.1 Å². The van der Waals surface area contributed by atoms with E-state index in [9.17, 15) is 13.2 Å². The summed E-state index contributed by atoms with van der Waals surface area (Å²) in [6, 6.07) is 9.61. The molecule has 0 aromatic heterocycles. The molecule has 6 nitrogen and oxygen atoms in total. The highest BCUT2D eigenvalue weighted by molar-refractivity contribution is 7.89. The van der Waals surface area contributed by atoms with Crippen molar-refractivity contribution >= 4 is 33.2 Å². The minimum Gasteiger partial charge on any atom is -0.496 e. The number of rotatable bonds is 5. The van der Waals surface area contributed by atoms with Crippen molar-refractivity contribution in [1.29, 1.82) is 0 Å². The van der Waals surface area contributed by atoms with Crippen LogP contribution in [0.1, 0.15) is 35.2 Å². The van der Waals surface area contributed by atoms with Crippen molar-refractivity contribution in [2.24, 2.45) is 0 Å². The maximum Gasteiger partial charge on any atom is 0.255 e. The molecule has 3 rings (SSSR count). The van der Waals surface area contributed by atoms with Crippen molar-refractivity contribution in [3.63, 3.8) is 0 Å². The summed E-state index contributed by atoms with van der Waals surface area (Å²) in [5.41, 5.74) is 1.70. The molecule has 150 valence electrons. The van der Waals surface area contributed by atoms with E-state index in [1.165, 1.54) is 16.4 Å². The number of methoxy groups -OCH3 is 1. The molecule has 0 aliphatic carbocycles. The highest BCUT2D eigenvalue weighted by atomic mass is 35.5. The number of nitrogens with one attached hydrogen (secondary N) is 1. The Morgan fingerprint density at radius 1 is 1.11 bits per heavy atom. The molecule has 0 saturated carbocycles. The summed E-state index contributed by atoms with van der Waals surface area (Å²) >= 11 is 6.18. The number of sulfonamides is 1. The summed E-state index contributed by atoms with van der Waals surface area (Å²) in [6.07, 6.45) is 2.70. The van der Waals surface area contributed by atoms with Crippen LogP contribution in [0.4, 0.5) is 5.69 Å². The number of piperidine rings is 1. The molecule has 0 radical (unpaired) electrons. The van der Waals surface area contributed by atoms with Gasteiger partial charge in [-0.15, -0.1) is 0 Å². The second-order valence-corrected chi connectivity index (χ2v) is 9.06. The number of nitrogens with zero attached hydrogens (tertiary/aromatic N) is 1. The third kappa shape index (κ3) is 4.32. The van der Waals surface area contributed by atoms with Crippen molar-refractivity contribution in [1.82, 2.24) is 4.31 Å². The number of ether oxygens (including phenoxy) is 1. The van der Waals surface area contributed by atoms with Gasteiger partial charge in [-0.2, -0.15) is 4.31 Å². The number of benzene rings is 2. The second kappa shape index (κ2) is 8.51. The molecular formula is C20H23ClN2O4S. The van der Waals surface area contributed by atoms with E-state index in [-0.39, 0.29) is 15.8 Å². The zero-order valence-corrected chi connectivity index (χ0v) is 17.4. The third-order valence-corrected chi connectivity index (χ3v) is 7.17. The SMILES string of the molecule is COc1cc(C(=O)Nc2ccc(Cl)c(S(=O)(=O)N3CCCCC3)c2)ccc1C. The van der Waals surface area contributed by atoms with Gasteiger partial charge in [-0.25, -0.2) is 8.42 Å². The average Bonchev–Trinajstić information content (AvgIpc) is 2.70. The van der Waals surface area contributed by atoms with Crippen molar-refractivity contribution in [3.05, 3.63) is 52.5 Å². The normalized spacial score (nSPS) is 15.2. The van der Waals surface area contributed by atoms with Gasteiger partial charge in [-0.3, -0.25) is 4.79 Å². The Balaban J connectivity index is 1.86. The lowest BCUT2D eigenvalue weighted by molar-refractivity contribution is 0.102. The monoisotopic (exact) mass is 422 g/mol. The molecule has 2 aromatic carbocycles. The predicted octanol–water partition coefficient (Wildman–Crippen LogP) is 4.08. The summed E-state index contributed by atoms with van der Waals surface area (Å²) in [7, 11) is -2.16. The number of hydrogen-bond acceptors (Lipinski definition) is 4. The molecule has 0 spiro atoms. The van der Waals surface area contributed by atoms with Crippen LogP contribution >= 0.6 is 11.6 Å². The van der Waals surface area contributed by atoms with Crippen LogP contribution in [0.2, 0.25) is 5.02 Å². The minimum absolute atomic E-state index is 0.00959. The molecular weight excluding hydrogens is 400 g/mol. The van der Waals surface area contributed by atoms with E-state index in [2.05, 4.69) is 5.32 Å². The van der Waals surface area contributed by atoms with Gasteiger partial charge in [0.25, 0.3) is 5.91 Å². The van der Waals surface area contributed by atoms with Gasteiger partial charge in [0.2, 0.25) is 10.0 Å². The molecule has 1 heterocycles. The molecule has 1 N–H and O–H groups in total. The van der Waals surface area contributed by atoms with E-state index in [4.69, 9.17) is 16.3 Å². The molecule has 1 amide bonds. The summed E-state index contributed by atoms with van der Waals surface area (Å²) in [4.78, 5) is 12.6. The first-order valence-electron chi connectivity index (χ1n) is 9.08. The van der Waals surface area contributed by atoms with Crippen LogP contribution in [-0.2, 0) is 10.0 Å². The second-order valence-electron chi connectivity index (χ2n) is 6.75. The van der Waals surface area contributed by atoms with Crippen molar-refractivity contribution in [2.45, 2.75) is 31.1 Å². The number of halogens is 1. The van der Waals surface area contributed by atoms with E-state index in [1.807, 2.05) is 6.92 Å². The Labute approximate surface area is 170 Å². The summed E-state index contributed by atoms with van der Waals surface area (Å²) in [5.74, 6) is 0.249. The number of hydrogen-bond donors (Lipinski definition) is 1. The molecule has 1 aliphatic heterocycles. The molecule has 1 fully saturated rings. The van der Waals surface area contributed by atoms with Crippen LogP contribution in [-0.4, -0.2) is 38.8 Å². The smallest absolute Gasteiger partial charge is 0.255 e. The molecule has 1 aliphatic rings. The maximum absolute atomic E-state index is 12.9. The number of carbonyl (C=O) groups is 1. The quantitative estimate of drug-likeness (QED) is 0.787. The third-order valence-electron chi connectivity index (χ3n) is 4.79. The van der Waals surface area contributed by atoms with Crippen LogP contribution in [0.3, 0.4) is 0 Å². The fourth-order valence-corrected chi connectivity index (χ4v) is 5.21. The minimum atomic E-state index is -3.70. The van der Waals surface area contributed by atoms with Crippen molar-refractivity contribution in [3.8, 4) is 5.75 Å². The summed E-state index contributed by atoms with van der Waals surface area (Å²) in [5, 5.41) is 2.87. The number of carbonyl (C=O) groups excluding carboxylic acids is 1. The van der Waals surface area contributed by atoms with E-state index in [0.29, 0.717) is 30.1 Å². The van der Waals surface area contributed by atoms with Gasteiger partial charge in [-0.05, 0) is 55.7 Å². The Morgan fingerprint density at radius 3 is 2.50 bits per heavy atom. The molecule has 8 heteroatoms. The van der Waals surface area contributed by atoms with Gasteiger partial charge in [0.1, 0.15) is 10.6 Å². The van der Waals surface area contributed by atoms with E-state index in [0.717, 1.165) is 24.8 Å². The number of anilines is 1. The Morgan fingerprint density at radius 2 is 1.82 bits per heavy atom. The molecule has 0 bridgehead atoms. The van der Waals surface area contributed by atoms with Crippen LogP contribution < -0.4 is 10.1 Å². The highest BCUT2D eigenvalue weighted by Gasteiger charge is 2.28. The van der Waals surface area contributed by atoms with Gasteiger partial charge >= 0.3 is 0 Å². The molecule has 1 saturated heterocycles. The van der Waals surface area contributed by atoms with Crippen LogP contribution in [0.15, 0.2) is 41.3 Å². The first kappa shape index (κ1) is 20.6. The Kier molecular flexibility index (Phi) is 6.27. The van der Waals surface area contributed by atoms with Crippen LogP contribution in [0.5, 0.6) is 5.75 Å². The lowest BCUT2D eigenvalue weighted by Crippen LogP contribution is -2.35. The van der Waals surface area contributed by atoms with Gasteiger partial charge in [0, 0.05) is 24.3 Å². The molecule has 0 unspecified atom stereocenters. The fourth-order valence-electron chi connectivity index (χ4n) is 3.19. The lowest BCUT2D eigenvalue weighted by atomic mass is 10.1. The summed E-state index contributed by atoms with van der Waals surface area (Å²) < 4.78 is 32.6. The number of amides is 1. The highest BCUT2D eigenvalue weighted by Crippen LogP contribution is 2.30. The molecule has 28 heavy (non-hydrogen) atoms. The average molecular weight is 423 g/mol. The maximum atomic E-state index is 12.9. The molecule has 0 atom stereocenters. The zero-order valence-electron chi connectivity index (χ0n) is 15.9. The fraction of sp³-hybridized carbons (Fsp3) is 0.350. The lowest BCUT2D eigenvalue weighted by Gasteiger charge is -2.26. The van der Waals surface area contributed by atoms with Gasteiger partial charge < -0.3 is 10.1 Å². The largest absolute Gasteiger partial charge is 0.496 e. The van der Waals surface area contributed by atoms with E-state index in [1.54, 1.807) is 31.4 Å². The van der Waals surface area contributed by atoms with Gasteiger partial charge in [-0.1, -0.05) is 24.1 Å². The van der Waals surface area contributed by atoms with E-state index >= 15 is 0 Å². The van der Waals surface area contributed by atoms with Crippen LogP contribution in [0, 0.1) is 6.92 Å². The summed E-state index contributed by atoms with van der Waals surface area (Å²) in [6.45, 7) is 2.86. The first-order chi connectivity index (χ1) is 13.3. The Hall–Kier alpha value is -2.09. The first-order valence-corrected chi connectivity index (χ1v) is 10.9. The Bertz CT molecular complexity index is 986. The predicted molar refractivity (Wildman–Crippen MR) is 110 cm³/mol. The van der Waals surface area contributed by atoms with Crippen LogP contribution in [0.25, 0.3) is 0 Å². The zero-order chi connectivity index (χ0) is 20.3. The van der Waals surface area contributed by atoms with Gasteiger partial charge in [0.15, 0.2) is 0 Å². The topological polar surface area (TPSA) is 75.7 Å². The molecule has 2 aromatic rings.